The highest BCUT2D eigenvalue weighted by Crippen LogP contribution is 2.36. The van der Waals surface area contributed by atoms with Crippen molar-refractivity contribution in [1.82, 2.24) is 4.72 Å². The SMILES string of the molecule is COC(=O)CC(=S)CC[C@@H](C)NS(=O)(=O)c1ccc(Cl)cc1-c1cc(Cl)ccc1Cl. The Labute approximate surface area is 196 Å². The molecule has 0 bridgehead atoms. The van der Waals surface area contributed by atoms with Crippen LogP contribution >= 0.6 is 47.0 Å². The number of nitrogens with one attached hydrogen (secondary N) is 1. The maximum Gasteiger partial charge on any atom is 0.310 e. The van der Waals surface area contributed by atoms with Gasteiger partial charge in [0.1, 0.15) is 0 Å². The number of thiocarbonyl (C=S) groups is 1. The van der Waals surface area contributed by atoms with E-state index in [0.717, 1.165) is 0 Å². The van der Waals surface area contributed by atoms with Gasteiger partial charge < -0.3 is 4.74 Å². The summed E-state index contributed by atoms with van der Waals surface area (Å²) in [5.41, 5.74) is 0.801. The standard InChI is InChI=1S/C20H20Cl3NO4S2/c1-12(3-6-15(29)11-20(25)28-2)24-30(26,27)19-8-5-14(22)10-17(19)16-9-13(21)4-7-18(16)23/h4-5,7-10,12,24H,3,6,11H2,1-2H3/t12-/m1/s1. The van der Waals surface area contributed by atoms with Crippen LogP contribution in [0.25, 0.3) is 11.1 Å². The molecule has 2 aromatic carbocycles. The molecule has 0 amide bonds. The van der Waals surface area contributed by atoms with E-state index in [1.165, 1.54) is 25.3 Å². The smallest absolute Gasteiger partial charge is 0.310 e. The zero-order valence-electron chi connectivity index (χ0n) is 16.2. The van der Waals surface area contributed by atoms with E-state index < -0.39 is 22.0 Å². The van der Waals surface area contributed by atoms with Crippen LogP contribution in [0.15, 0.2) is 41.3 Å². The predicted molar refractivity (Wildman–Crippen MR) is 125 cm³/mol. The van der Waals surface area contributed by atoms with Crippen LogP contribution in [0.3, 0.4) is 0 Å². The van der Waals surface area contributed by atoms with Crippen molar-refractivity contribution in [2.45, 2.75) is 37.1 Å². The lowest BCUT2D eigenvalue weighted by Crippen LogP contribution is -2.33. The molecular formula is C20H20Cl3NO4S2. The number of hydrogen-bond donors (Lipinski definition) is 1. The molecule has 0 aliphatic heterocycles. The molecule has 2 aromatic rings. The Kier molecular flexibility index (Phi) is 9.09. The average molecular weight is 509 g/mol. The normalized spacial score (nSPS) is 12.4. The van der Waals surface area contributed by atoms with E-state index in [1.807, 2.05) is 0 Å². The topological polar surface area (TPSA) is 72.5 Å². The van der Waals surface area contributed by atoms with Crippen LogP contribution in [0.2, 0.25) is 15.1 Å². The van der Waals surface area contributed by atoms with E-state index in [1.54, 1.807) is 25.1 Å². The number of carbonyl (C=O) groups excluding carboxylic acids is 1. The first-order chi connectivity index (χ1) is 14.0. The van der Waals surface area contributed by atoms with E-state index in [0.29, 0.717) is 43.9 Å². The van der Waals surface area contributed by atoms with Crippen molar-refractivity contribution in [2.75, 3.05) is 7.11 Å². The second-order valence-corrected chi connectivity index (χ2v) is 10.2. The number of rotatable bonds is 9. The van der Waals surface area contributed by atoms with Crippen LogP contribution in [-0.4, -0.2) is 32.4 Å². The first-order valence-corrected chi connectivity index (χ1v) is 11.9. The number of hydrogen-bond acceptors (Lipinski definition) is 5. The van der Waals surface area contributed by atoms with Gasteiger partial charge >= 0.3 is 5.97 Å². The van der Waals surface area contributed by atoms with Gasteiger partial charge in [-0.2, -0.15) is 0 Å². The average Bonchev–Trinajstić information content (AvgIpc) is 2.67. The number of carbonyl (C=O) groups is 1. The minimum absolute atomic E-state index is 0.0277. The molecule has 0 aliphatic rings. The van der Waals surface area contributed by atoms with Crippen molar-refractivity contribution in [1.29, 1.82) is 0 Å². The van der Waals surface area contributed by atoms with E-state index in [2.05, 4.69) is 9.46 Å². The third-order valence-corrected chi connectivity index (χ3v) is 7.03. The van der Waals surface area contributed by atoms with Crippen LogP contribution in [-0.2, 0) is 19.6 Å². The molecule has 10 heteroatoms. The second-order valence-electron chi connectivity index (χ2n) is 6.62. The molecule has 0 spiro atoms. The van der Waals surface area contributed by atoms with Gasteiger partial charge in [-0.05, 0) is 56.2 Å². The Bertz CT molecular complexity index is 1060. The number of esters is 1. The van der Waals surface area contributed by atoms with E-state index in [4.69, 9.17) is 47.0 Å². The van der Waals surface area contributed by atoms with Gasteiger partial charge in [-0.15, -0.1) is 0 Å². The fourth-order valence-corrected chi connectivity index (χ4v) is 5.02. The van der Waals surface area contributed by atoms with Gasteiger partial charge in [0, 0.05) is 37.1 Å². The highest BCUT2D eigenvalue weighted by molar-refractivity contribution is 7.89. The van der Waals surface area contributed by atoms with Gasteiger partial charge in [0.25, 0.3) is 0 Å². The fourth-order valence-electron chi connectivity index (χ4n) is 2.74. The summed E-state index contributed by atoms with van der Waals surface area (Å²) in [5, 5.41) is 1.12. The molecule has 0 fully saturated rings. The summed E-state index contributed by atoms with van der Waals surface area (Å²) in [6.07, 6.45) is 0.859. The molecule has 0 radical (unpaired) electrons. The van der Waals surface area contributed by atoms with Gasteiger partial charge in [-0.1, -0.05) is 47.0 Å². The summed E-state index contributed by atoms with van der Waals surface area (Å²) >= 11 is 23.6. The zero-order chi connectivity index (χ0) is 22.5. The third-order valence-electron chi connectivity index (χ3n) is 4.23. The number of sulfonamides is 1. The minimum Gasteiger partial charge on any atom is -0.469 e. The molecule has 0 saturated carbocycles. The van der Waals surface area contributed by atoms with Crippen LogP contribution < -0.4 is 4.72 Å². The predicted octanol–water partition coefficient (Wildman–Crippen LogP) is 5.69. The molecule has 30 heavy (non-hydrogen) atoms. The molecular weight excluding hydrogens is 489 g/mol. The van der Waals surface area contributed by atoms with E-state index >= 15 is 0 Å². The Morgan fingerprint density at radius 1 is 1.10 bits per heavy atom. The fraction of sp³-hybridized carbons (Fsp3) is 0.300. The molecule has 1 N–H and O–H groups in total. The second kappa shape index (κ2) is 10.9. The van der Waals surface area contributed by atoms with Gasteiger partial charge in [0.2, 0.25) is 10.0 Å². The lowest BCUT2D eigenvalue weighted by Gasteiger charge is -2.17. The molecule has 2 rings (SSSR count). The minimum atomic E-state index is -3.91. The lowest BCUT2D eigenvalue weighted by atomic mass is 10.1. The lowest BCUT2D eigenvalue weighted by molar-refractivity contribution is -0.139. The Hall–Kier alpha value is -1.22. The van der Waals surface area contributed by atoms with Gasteiger partial charge in [-0.25, -0.2) is 13.1 Å². The van der Waals surface area contributed by atoms with E-state index in [-0.39, 0.29) is 11.3 Å². The monoisotopic (exact) mass is 507 g/mol. The molecule has 0 saturated heterocycles. The Morgan fingerprint density at radius 2 is 1.70 bits per heavy atom. The summed E-state index contributed by atoms with van der Waals surface area (Å²) in [7, 11) is -2.62. The maximum atomic E-state index is 13.1. The molecule has 162 valence electrons. The molecule has 0 heterocycles. The van der Waals surface area contributed by atoms with Crippen molar-refractivity contribution in [2.24, 2.45) is 0 Å². The number of ether oxygens (including phenoxy) is 1. The van der Waals surface area contributed by atoms with Crippen molar-refractivity contribution >= 4 is 67.9 Å². The zero-order valence-corrected chi connectivity index (χ0v) is 20.1. The third kappa shape index (κ3) is 6.90. The molecule has 5 nitrogen and oxygen atoms in total. The first kappa shape index (κ1) is 25.0. The van der Waals surface area contributed by atoms with Crippen molar-refractivity contribution in [3.63, 3.8) is 0 Å². The van der Waals surface area contributed by atoms with Gasteiger partial charge in [-0.3, -0.25) is 4.79 Å². The van der Waals surface area contributed by atoms with Crippen molar-refractivity contribution in [3.05, 3.63) is 51.5 Å². The van der Waals surface area contributed by atoms with Crippen LogP contribution in [0.5, 0.6) is 0 Å². The molecule has 1 atom stereocenters. The molecule has 0 aliphatic carbocycles. The summed E-state index contributed by atoms with van der Waals surface area (Å²) in [6.45, 7) is 1.72. The van der Waals surface area contributed by atoms with E-state index in [9.17, 15) is 13.2 Å². The van der Waals surface area contributed by atoms with Gasteiger partial charge in [0.05, 0.1) is 18.4 Å². The quantitative estimate of drug-likeness (QED) is 0.348. The summed E-state index contributed by atoms with van der Waals surface area (Å²) in [6, 6.07) is 8.81. The van der Waals surface area contributed by atoms with Gasteiger partial charge in [0.15, 0.2) is 0 Å². The summed E-state index contributed by atoms with van der Waals surface area (Å²) < 4.78 is 33.4. The summed E-state index contributed by atoms with van der Waals surface area (Å²) in [5.74, 6) is -0.419. The number of methoxy groups -OCH3 is 1. The van der Waals surface area contributed by atoms with Crippen LogP contribution in [0.1, 0.15) is 26.2 Å². The van der Waals surface area contributed by atoms with Crippen molar-refractivity contribution < 1.29 is 17.9 Å². The molecule has 0 aromatic heterocycles. The maximum absolute atomic E-state index is 13.1. The van der Waals surface area contributed by atoms with Crippen LogP contribution in [0, 0.1) is 0 Å². The largest absolute Gasteiger partial charge is 0.469 e. The van der Waals surface area contributed by atoms with Crippen molar-refractivity contribution in [3.8, 4) is 11.1 Å². The van der Waals surface area contributed by atoms with Crippen LogP contribution in [0.4, 0.5) is 0 Å². The highest BCUT2D eigenvalue weighted by atomic mass is 35.5. The highest BCUT2D eigenvalue weighted by Gasteiger charge is 2.23. The number of halogens is 3. The number of benzene rings is 2. The Balaban J connectivity index is 2.25. The first-order valence-electron chi connectivity index (χ1n) is 8.89. The Morgan fingerprint density at radius 3 is 2.33 bits per heavy atom. The molecule has 0 unspecified atom stereocenters. The summed E-state index contributed by atoms with van der Waals surface area (Å²) in [4.78, 5) is 11.8.